The molecule has 0 amide bonds. The lowest BCUT2D eigenvalue weighted by atomic mass is 10.4. The molecule has 0 aliphatic rings. The van der Waals surface area contributed by atoms with Crippen molar-refractivity contribution in [2.75, 3.05) is 19.0 Å². The Hall–Kier alpha value is -0.960. The molecule has 1 aromatic heterocycles. The maximum Gasteiger partial charge on any atom is 0.237 e. The Bertz CT molecular complexity index is 265. The number of hydrogen-bond acceptors (Lipinski definition) is 3. The highest BCUT2D eigenvalue weighted by Crippen LogP contribution is 2.23. The molecule has 1 aromatic rings. The van der Waals surface area contributed by atoms with Crippen LogP contribution in [0.25, 0.3) is 0 Å². The van der Waals surface area contributed by atoms with Gasteiger partial charge in [-0.2, -0.15) is 0 Å². The third-order valence-corrected chi connectivity index (χ3v) is 1.59. The number of anilines is 1. The first-order valence-corrected chi connectivity index (χ1v) is 4.09. The molecular weight excluding hydrogens is 176 g/mol. The average molecular weight is 187 g/mol. The first-order valence-electron chi connectivity index (χ1n) is 3.71. The summed E-state index contributed by atoms with van der Waals surface area (Å²) in [5.74, 6) is 0.571. The Morgan fingerprint density at radius 3 is 3.00 bits per heavy atom. The lowest BCUT2D eigenvalue weighted by molar-refractivity contribution is 0.400. The molecule has 0 unspecified atom stereocenters. The van der Waals surface area contributed by atoms with Crippen LogP contribution in [0, 0.1) is 0 Å². The van der Waals surface area contributed by atoms with Crippen LogP contribution >= 0.6 is 11.6 Å². The number of methoxy groups -OCH3 is 1. The largest absolute Gasteiger partial charge is 0.480 e. The Kier molecular flexibility index (Phi) is 3.17. The van der Waals surface area contributed by atoms with Gasteiger partial charge in [-0.05, 0) is 13.0 Å². The zero-order chi connectivity index (χ0) is 8.97. The highest BCUT2D eigenvalue weighted by atomic mass is 35.5. The van der Waals surface area contributed by atoms with Gasteiger partial charge in [-0.25, -0.2) is 4.98 Å². The minimum Gasteiger partial charge on any atom is -0.480 e. The van der Waals surface area contributed by atoms with Gasteiger partial charge in [0.05, 0.1) is 17.8 Å². The van der Waals surface area contributed by atoms with E-state index < -0.39 is 0 Å². The van der Waals surface area contributed by atoms with Crippen molar-refractivity contribution in [2.45, 2.75) is 6.92 Å². The molecule has 1 heterocycles. The number of nitrogens with one attached hydrogen (secondary N) is 1. The first-order chi connectivity index (χ1) is 5.77. The number of nitrogens with zero attached hydrogens (tertiary/aromatic N) is 1. The second kappa shape index (κ2) is 4.16. The molecule has 0 spiro atoms. The standard InChI is InChI=1S/C8H11ClN2O/c1-3-10-7-4-6(9)5-11-8(7)12-2/h4-5,10H,3H2,1-2H3. The van der Waals surface area contributed by atoms with E-state index in [1.165, 1.54) is 0 Å². The van der Waals surface area contributed by atoms with Crippen molar-refractivity contribution in [1.82, 2.24) is 4.98 Å². The van der Waals surface area contributed by atoms with Crippen LogP contribution in [-0.2, 0) is 0 Å². The maximum absolute atomic E-state index is 5.75. The van der Waals surface area contributed by atoms with Gasteiger partial charge in [0, 0.05) is 12.7 Å². The highest BCUT2D eigenvalue weighted by molar-refractivity contribution is 6.30. The second-order valence-corrected chi connectivity index (χ2v) is 2.68. The topological polar surface area (TPSA) is 34.2 Å². The summed E-state index contributed by atoms with van der Waals surface area (Å²) in [7, 11) is 1.58. The quantitative estimate of drug-likeness (QED) is 0.786. The van der Waals surface area contributed by atoms with Gasteiger partial charge in [0.25, 0.3) is 0 Å². The molecule has 0 atom stereocenters. The van der Waals surface area contributed by atoms with Crippen LogP contribution in [0.4, 0.5) is 5.69 Å². The van der Waals surface area contributed by atoms with Crippen molar-refractivity contribution in [3.63, 3.8) is 0 Å². The van der Waals surface area contributed by atoms with Crippen molar-refractivity contribution < 1.29 is 4.74 Å². The van der Waals surface area contributed by atoms with Crippen LogP contribution in [0.1, 0.15) is 6.92 Å². The van der Waals surface area contributed by atoms with E-state index >= 15 is 0 Å². The third kappa shape index (κ3) is 2.01. The SMILES string of the molecule is CCNc1cc(Cl)cnc1OC. The molecule has 0 bridgehead atoms. The minimum absolute atomic E-state index is 0.571. The van der Waals surface area contributed by atoms with Crippen LogP contribution in [0.15, 0.2) is 12.3 Å². The fraction of sp³-hybridized carbons (Fsp3) is 0.375. The molecule has 1 rings (SSSR count). The molecule has 0 aliphatic heterocycles. The molecule has 0 fully saturated rings. The van der Waals surface area contributed by atoms with Gasteiger partial charge >= 0.3 is 0 Å². The van der Waals surface area contributed by atoms with Gasteiger partial charge in [-0.3, -0.25) is 0 Å². The second-order valence-electron chi connectivity index (χ2n) is 2.24. The Morgan fingerprint density at radius 1 is 1.67 bits per heavy atom. The van der Waals surface area contributed by atoms with Crippen molar-refractivity contribution in [2.24, 2.45) is 0 Å². The van der Waals surface area contributed by atoms with E-state index in [4.69, 9.17) is 16.3 Å². The molecule has 0 saturated carbocycles. The van der Waals surface area contributed by atoms with Crippen molar-refractivity contribution >= 4 is 17.3 Å². The molecule has 4 heteroatoms. The minimum atomic E-state index is 0.571. The summed E-state index contributed by atoms with van der Waals surface area (Å²) in [6.45, 7) is 2.82. The normalized spacial score (nSPS) is 9.58. The number of ether oxygens (including phenoxy) is 1. The van der Waals surface area contributed by atoms with E-state index in [1.807, 2.05) is 6.92 Å². The summed E-state index contributed by atoms with van der Waals surface area (Å²) in [4.78, 5) is 4.00. The summed E-state index contributed by atoms with van der Waals surface area (Å²) in [6.07, 6.45) is 1.56. The van der Waals surface area contributed by atoms with Gasteiger partial charge in [0.15, 0.2) is 0 Å². The van der Waals surface area contributed by atoms with E-state index in [0.717, 1.165) is 12.2 Å². The molecule has 0 aliphatic carbocycles. The Balaban J connectivity index is 2.95. The summed E-state index contributed by atoms with van der Waals surface area (Å²) in [5.41, 5.74) is 0.826. The molecule has 3 nitrogen and oxygen atoms in total. The summed E-state index contributed by atoms with van der Waals surface area (Å²) >= 11 is 5.75. The van der Waals surface area contributed by atoms with Crippen LogP contribution in [0.3, 0.4) is 0 Å². The average Bonchev–Trinajstić information content (AvgIpc) is 2.05. The predicted molar refractivity (Wildman–Crippen MR) is 50.0 cm³/mol. The fourth-order valence-electron chi connectivity index (χ4n) is 0.906. The smallest absolute Gasteiger partial charge is 0.237 e. The lowest BCUT2D eigenvalue weighted by Crippen LogP contribution is -2.00. The molecule has 12 heavy (non-hydrogen) atoms. The predicted octanol–water partition coefficient (Wildman–Crippen LogP) is 2.18. The zero-order valence-corrected chi connectivity index (χ0v) is 7.85. The summed E-state index contributed by atoms with van der Waals surface area (Å²) < 4.78 is 5.02. The zero-order valence-electron chi connectivity index (χ0n) is 7.10. The number of pyridine rings is 1. The fourth-order valence-corrected chi connectivity index (χ4v) is 1.06. The Labute approximate surface area is 76.7 Å². The van der Waals surface area contributed by atoms with Gasteiger partial charge in [0.2, 0.25) is 5.88 Å². The summed E-state index contributed by atoms with van der Waals surface area (Å²) in [5, 5.41) is 3.70. The van der Waals surface area contributed by atoms with Gasteiger partial charge in [-0.15, -0.1) is 0 Å². The molecule has 0 radical (unpaired) electrons. The first kappa shape index (κ1) is 9.13. The number of halogens is 1. The molecular formula is C8H11ClN2O. The van der Waals surface area contributed by atoms with Gasteiger partial charge < -0.3 is 10.1 Å². The number of hydrogen-bond donors (Lipinski definition) is 1. The van der Waals surface area contributed by atoms with E-state index in [0.29, 0.717) is 10.9 Å². The van der Waals surface area contributed by atoms with E-state index in [1.54, 1.807) is 19.4 Å². The number of rotatable bonds is 3. The highest BCUT2D eigenvalue weighted by Gasteiger charge is 2.02. The summed E-state index contributed by atoms with van der Waals surface area (Å²) in [6, 6.07) is 1.79. The molecule has 1 N–H and O–H groups in total. The molecule has 0 aromatic carbocycles. The Morgan fingerprint density at radius 2 is 2.42 bits per heavy atom. The maximum atomic E-state index is 5.75. The van der Waals surface area contributed by atoms with Crippen LogP contribution in [0.2, 0.25) is 5.02 Å². The lowest BCUT2D eigenvalue weighted by Gasteiger charge is -2.07. The van der Waals surface area contributed by atoms with Crippen molar-refractivity contribution in [1.29, 1.82) is 0 Å². The van der Waals surface area contributed by atoms with E-state index in [9.17, 15) is 0 Å². The van der Waals surface area contributed by atoms with Gasteiger partial charge in [-0.1, -0.05) is 11.6 Å². The van der Waals surface area contributed by atoms with Gasteiger partial charge in [0.1, 0.15) is 0 Å². The van der Waals surface area contributed by atoms with Crippen LogP contribution < -0.4 is 10.1 Å². The van der Waals surface area contributed by atoms with Crippen LogP contribution in [0.5, 0.6) is 5.88 Å². The number of aromatic nitrogens is 1. The molecule has 66 valence electrons. The van der Waals surface area contributed by atoms with Crippen molar-refractivity contribution in [3.8, 4) is 5.88 Å². The van der Waals surface area contributed by atoms with E-state index in [2.05, 4.69) is 10.3 Å². The van der Waals surface area contributed by atoms with Crippen molar-refractivity contribution in [3.05, 3.63) is 17.3 Å². The van der Waals surface area contributed by atoms with Crippen LogP contribution in [-0.4, -0.2) is 18.6 Å². The molecule has 0 saturated heterocycles. The van der Waals surface area contributed by atoms with E-state index in [-0.39, 0.29) is 0 Å². The third-order valence-electron chi connectivity index (χ3n) is 1.38. The monoisotopic (exact) mass is 186 g/mol.